The maximum Gasteiger partial charge on any atom is 0.217 e. The van der Waals surface area contributed by atoms with Crippen LogP contribution in [0.5, 0.6) is 0 Å². The second-order valence-electron chi connectivity index (χ2n) is 5.13. The van der Waals surface area contributed by atoms with Gasteiger partial charge in [0.25, 0.3) is 0 Å². The normalized spacial score (nSPS) is 23.8. The quantitative estimate of drug-likeness (QED) is 0.830. The molecule has 18 heavy (non-hydrogen) atoms. The van der Waals surface area contributed by atoms with E-state index < -0.39 is 0 Å². The van der Waals surface area contributed by atoms with E-state index in [-0.39, 0.29) is 5.91 Å². The van der Waals surface area contributed by atoms with Crippen LogP contribution in [0.1, 0.15) is 37.7 Å². The molecule has 1 aromatic rings. The number of hydrogen-bond acceptors (Lipinski definition) is 3. The zero-order valence-electron chi connectivity index (χ0n) is 10.6. The van der Waals surface area contributed by atoms with E-state index in [1.807, 2.05) is 12.3 Å². The Morgan fingerprint density at radius 2 is 2.17 bits per heavy atom. The van der Waals surface area contributed by atoms with E-state index in [1.54, 1.807) is 6.20 Å². The molecule has 0 unspecified atom stereocenters. The van der Waals surface area contributed by atoms with E-state index in [0.717, 1.165) is 32.2 Å². The third-order valence-electron chi connectivity index (χ3n) is 3.65. The standard InChI is InChI=1S/C14H21N3O/c15-14(18)8-11-3-5-13(6-4-11)17-10-12-2-1-7-16-9-12/h1-2,7,9,11,13,17H,3-6,8,10H2,(H2,15,18). The molecule has 1 saturated carbocycles. The maximum absolute atomic E-state index is 10.9. The molecule has 0 spiro atoms. The number of aromatic nitrogens is 1. The summed E-state index contributed by atoms with van der Waals surface area (Å²) in [6.07, 6.45) is 8.72. The number of amides is 1. The Morgan fingerprint density at radius 1 is 1.39 bits per heavy atom. The number of nitrogens with one attached hydrogen (secondary N) is 1. The zero-order valence-corrected chi connectivity index (χ0v) is 10.6. The fraction of sp³-hybridized carbons (Fsp3) is 0.571. The average molecular weight is 247 g/mol. The number of primary amides is 1. The molecule has 1 fully saturated rings. The highest BCUT2D eigenvalue weighted by molar-refractivity contribution is 5.73. The number of rotatable bonds is 5. The van der Waals surface area contributed by atoms with Gasteiger partial charge in [0.1, 0.15) is 0 Å². The first-order valence-corrected chi connectivity index (χ1v) is 6.64. The highest BCUT2D eigenvalue weighted by atomic mass is 16.1. The van der Waals surface area contributed by atoms with Crippen molar-refractivity contribution in [3.05, 3.63) is 30.1 Å². The highest BCUT2D eigenvalue weighted by Crippen LogP contribution is 2.26. The lowest BCUT2D eigenvalue weighted by Crippen LogP contribution is -2.33. The lowest BCUT2D eigenvalue weighted by Gasteiger charge is -2.28. The first-order chi connectivity index (χ1) is 8.74. The summed E-state index contributed by atoms with van der Waals surface area (Å²) < 4.78 is 0. The minimum absolute atomic E-state index is 0.165. The molecule has 0 atom stereocenters. The second-order valence-corrected chi connectivity index (χ2v) is 5.13. The molecule has 4 heteroatoms. The molecule has 2 rings (SSSR count). The Labute approximate surface area is 108 Å². The first-order valence-electron chi connectivity index (χ1n) is 6.64. The van der Waals surface area contributed by atoms with Gasteiger partial charge in [0.05, 0.1) is 0 Å². The number of carbonyl (C=O) groups excluding carboxylic acids is 1. The molecule has 1 aliphatic rings. The molecule has 1 amide bonds. The van der Waals surface area contributed by atoms with Crippen LogP contribution in [0.15, 0.2) is 24.5 Å². The molecule has 1 aliphatic carbocycles. The molecule has 1 aromatic heterocycles. The monoisotopic (exact) mass is 247 g/mol. The zero-order chi connectivity index (χ0) is 12.8. The molecule has 3 N–H and O–H groups in total. The Hall–Kier alpha value is -1.42. The number of nitrogens with zero attached hydrogens (tertiary/aromatic N) is 1. The van der Waals surface area contributed by atoms with Crippen molar-refractivity contribution in [2.45, 2.75) is 44.7 Å². The van der Waals surface area contributed by atoms with Gasteiger partial charge in [-0.3, -0.25) is 9.78 Å². The Kier molecular flexibility index (Phi) is 4.70. The van der Waals surface area contributed by atoms with Gasteiger partial charge >= 0.3 is 0 Å². The summed E-state index contributed by atoms with van der Waals surface area (Å²) >= 11 is 0. The van der Waals surface area contributed by atoms with E-state index in [2.05, 4.69) is 16.4 Å². The van der Waals surface area contributed by atoms with Crippen LogP contribution in [0.2, 0.25) is 0 Å². The van der Waals surface area contributed by atoms with Crippen molar-refractivity contribution in [2.75, 3.05) is 0 Å². The fourth-order valence-electron chi connectivity index (χ4n) is 2.62. The van der Waals surface area contributed by atoms with Crippen molar-refractivity contribution in [3.63, 3.8) is 0 Å². The molecule has 0 aromatic carbocycles. The van der Waals surface area contributed by atoms with E-state index in [0.29, 0.717) is 18.4 Å². The van der Waals surface area contributed by atoms with Gasteiger partial charge in [-0.05, 0) is 43.2 Å². The molecular formula is C14H21N3O. The summed E-state index contributed by atoms with van der Waals surface area (Å²) in [5, 5.41) is 3.56. The van der Waals surface area contributed by atoms with Gasteiger partial charge in [0.2, 0.25) is 5.91 Å². The van der Waals surface area contributed by atoms with Crippen molar-refractivity contribution >= 4 is 5.91 Å². The van der Waals surface area contributed by atoms with Gasteiger partial charge in [-0.2, -0.15) is 0 Å². The van der Waals surface area contributed by atoms with E-state index in [1.165, 1.54) is 5.56 Å². The molecule has 4 nitrogen and oxygen atoms in total. The van der Waals surface area contributed by atoms with Crippen molar-refractivity contribution < 1.29 is 4.79 Å². The summed E-state index contributed by atoms with van der Waals surface area (Å²) in [5.41, 5.74) is 6.45. The maximum atomic E-state index is 10.9. The summed E-state index contributed by atoms with van der Waals surface area (Å²) in [5.74, 6) is 0.334. The molecule has 0 bridgehead atoms. The van der Waals surface area contributed by atoms with Crippen LogP contribution in [-0.2, 0) is 11.3 Å². The minimum Gasteiger partial charge on any atom is -0.370 e. The van der Waals surface area contributed by atoms with Crippen molar-refractivity contribution in [1.82, 2.24) is 10.3 Å². The van der Waals surface area contributed by atoms with Gasteiger partial charge in [0.15, 0.2) is 0 Å². The molecule has 0 radical (unpaired) electrons. The summed E-state index contributed by atoms with van der Waals surface area (Å²) in [7, 11) is 0. The van der Waals surface area contributed by atoms with Crippen LogP contribution in [0.25, 0.3) is 0 Å². The Bertz CT molecular complexity index is 372. The minimum atomic E-state index is -0.165. The van der Waals surface area contributed by atoms with Gasteiger partial charge in [-0.15, -0.1) is 0 Å². The van der Waals surface area contributed by atoms with Crippen LogP contribution in [0.3, 0.4) is 0 Å². The van der Waals surface area contributed by atoms with Crippen LogP contribution in [-0.4, -0.2) is 16.9 Å². The lowest BCUT2D eigenvalue weighted by molar-refractivity contribution is -0.119. The van der Waals surface area contributed by atoms with Gasteiger partial charge in [-0.25, -0.2) is 0 Å². The van der Waals surface area contributed by atoms with Crippen molar-refractivity contribution in [3.8, 4) is 0 Å². The van der Waals surface area contributed by atoms with Gasteiger partial charge < -0.3 is 11.1 Å². The van der Waals surface area contributed by atoms with Crippen molar-refractivity contribution in [2.24, 2.45) is 11.7 Å². The fourth-order valence-corrected chi connectivity index (χ4v) is 2.62. The number of carbonyl (C=O) groups is 1. The summed E-state index contributed by atoms with van der Waals surface area (Å²) in [4.78, 5) is 15.0. The topological polar surface area (TPSA) is 68.0 Å². The van der Waals surface area contributed by atoms with Gasteiger partial charge in [-0.1, -0.05) is 6.07 Å². The van der Waals surface area contributed by atoms with E-state index >= 15 is 0 Å². The summed E-state index contributed by atoms with van der Waals surface area (Å²) in [6, 6.07) is 4.61. The first kappa shape index (κ1) is 13.0. The van der Waals surface area contributed by atoms with Crippen molar-refractivity contribution in [1.29, 1.82) is 0 Å². The molecule has 0 aliphatic heterocycles. The third kappa shape index (κ3) is 4.11. The van der Waals surface area contributed by atoms with Gasteiger partial charge in [0, 0.05) is 31.4 Å². The molecule has 1 heterocycles. The average Bonchev–Trinajstić information content (AvgIpc) is 2.38. The number of hydrogen-bond donors (Lipinski definition) is 2. The SMILES string of the molecule is NC(=O)CC1CCC(NCc2cccnc2)CC1. The van der Waals surface area contributed by atoms with Crippen LogP contribution >= 0.6 is 0 Å². The number of pyridine rings is 1. The predicted octanol–water partition coefficient (Wildman–Crippen LogP) is 1.61. The largest absolute Gasteiger partial charge is 0.370 e. The third-order valence-corrected chi connectivity index (χ3v) is 3.65. The van der Waals surface area contributed by atoms with Crippen LogP contribution < -0.4 is 11.1 Å². The summed E-state index contributed by atoms with van der Waals surface area (Å²) in [6.45, 7) is 0.874. The molecular weight excluding hydrogens is 226 g/mol. The number of nitrogens with two attached hydrogens (primary N) is 1. The second kappa shape index (κ2) is 6.50. The molecule has 98 valence electrons. The van der Waals surface area contributed by atoms with E-state index in [4.69, 9.17) is 5.73 Å². The predicted molar refractivity (Wildman–Crippen MR) is 70.6 cm³/mol. The smallest absolute Gasteiger partial charge is 0.217 e. The van der Waals surface area contributed by atoms with Crippen LogP contribution in [0, 0.1) is 5.92 Å². The van der Waals surface area contributed by atoms with Crippen LogP contribution in [0.4, 0.5) is 0 Å². The molecule has 0 saturated heterocycles. The Morgan fingerprint density at radius 3 is 2.78 bits per heavy atom. The Balaban J connectivity index is 1.69. The lowest BCUT2D eigenvalue weighted by atomic mass is 9.84. The van der Waals surface area contributed by atoms with E-state index in [9.17, 15) is 4.79 Å². The highest BCUT2D eigenvalue weighted by Gasteiger charge is 2.21.